The topological polar surface area (TPSA) is 40.5 Å². The molecule has 3 atom stereocenters. The molecule has 21 heavy (non-hydrogen) atoms. The quantitative estimate of drug-likeness (QED) is 0.930. The number of carboxylic acid groups (broad SMARTS) is 1. The second kappa shape index (κ2) is 5.67. The molecular formula is C15H18F3NO2. The van der Waals surface area contributed by atoms with Crippen molar-refractivity contribution < 1.29 is 23.1 Å². The van der Waals surface area contributed by atoms with Gasteiger partial charge in [0.2, 0.25) is 0 Å². The number of rotatable bonds is 3. The van der Waals surface area contributed by atoms with Crippen LogP contribution in [0, 0.1) is 11.8 Å². The number of halogens is 3. The molecule has 1 heterocycles. The van der Waals surface area contributed by atoms with Gasteiger partial charge in [-0.25, -0.2) is 0 Å². The molecule has 0 spiro atoms. The number of alkyl halides is 3. The average Bonchev–Trinajstić information content (AvgIpc) is 2.79. The number of nitrogens with zero attached hydrogens (tertiary/aromatic N) is 1. The van der Waals surface area contributed by atoms with Crippen LogP contribution in [0.15, 0.2) is 24.3 Å². The van der Waals surface area contributed by atoms with E-state index < -0.39 is 23.6 Å². The zero-order valence-electron chi connectivity index (χ0n) is 11.9. The minimum Gasteiger partial charge on any atom is -0.481 e. The Labute approximate surface area is 121 Å². The molecule has 0 aromatic heterocycles. The third-order valence-electron chi connectivity index (χ3n) is 4.20. The Morgan fingerprint density at radius 2 is 2.05 bits per heavy atom. The molecule has 0 amide bonds. The summed E-state index contributed by atoms with van der Waals surface area (Å²) in [4.78, 5) is 13.1. The van der Waals surface area contributed by atoms with Gasteiger partial charge < -0.3 is 5.11 Å². The van der Waals surface area contributed by atoms with Gasteiger partial charge in [0.05, 0.1) is 11.5 Å². The van der Waals surface area contributed by atoms with E-state index in [1.54, 1.807) is 6.07 Å². The summed E-state index contributed by atoms with van der Waals surface area (Å²) in [6, 6.07) is 4.99. The van der Waals surface area contributed by atoms with Gasteiger partial charge in [-0.3, -0.25) is 9.69 Å². The summed E-state index contributed by atoms with van der Waals surface area (Å²) in [6.07, 6.45) is -4.36. The molecule has 0 radical (unpaired) electrons. The van der Waals surface area contributed by atoms with E-state index in [2.05, 4.69) is 0 Å². The van der Waals surface area contributed by atoms with Crippen molar-refractivity contribution in [3.63, 3.8) is 0 Å². The summed E-state index contributed by atoms with van der Waals surface area (Å²) in [5.74, 6) is -1.31. The van der Waals surface area contributed by atoms with Gasteiger partial charge in [0.1, 0.15) is 0 Å². The van der Waals surface area contributed by atoms with Crippen molar-refractivity contribution >= 4 is 5.97 Å². The summed E-state index contributed by atoms with van der Waals surface area (Å²) < 4.78 is 38.2. The van der Waals surface area contributed by atoms with Crippen molar-refractivity contribution in [3.8, 4) is 0 Å². The fourth-order valence-corrected chi connectivity index (χ4v) is 2.83. The first-order valence-corrected chi connectivity index (χ1v) is 6.84. The molecule has 1 unspecified atom stereocenters. The van der Waals surface area contributed by atoms with Crippen molar-refractivity contribution in [1.82, 2.24) is 4.90 Å². The van der Waals surface area contributed by atoms with Crippen molar-refractivity contribution in [3.05, 3.63) is 35.4 Å². The van der Waals surface area contributed by atoms with Gasteiger partial charge >= 0.3 is 12.1 Å². The number of hydrogen-bond donors (Lipinski definition) is 1. The lowest BCUT2D eigenvalue weighted by Crippen LogP contribution is -2.26. The molecular weight excluding hydrogens is 283 g/mol. The molecule has 2 rings (SSSR count). The molecule has 116 valence electrons. The molecule has 1 aromatic rings. The lowest BCUT2D eigenvalue weighted by molar-refractivity contribution is -0.142. The first-order valence-electron chi connectivity index (χ1n) is 6.84. The van der Waals surface area contributed by atoms with Crippen LogP contribution in [0.3, 0.4) is 0 Å². The maximum atomic E-state index is 12.7. The largest absolute Gasteiger partial charge is 0.481 e. The van der Waals surface area contributed by atoms with Crippen LogP contribution in [-0.4, -0.2) is 29.1 Å². The van der Waals surface area contributed by atoms with Crippen LogP contribution < -0.4 is 0 Å². The van der Waals surface area contributed by atoms with Crippen LogP contribution in [0.4, 0.5) is 13.2 Å². The molecule has 1 fully saturated rings. The van der Waals surface area contributed by atoms with E-state index in [1.165, 1.54) is 6.07 Å². The van der Waals surface area contributed by atoms with Gasteiger partial charge in [-0.15, -0.1) is 0 Å². The molecule has 3 nitrogen and oxygen atoms in total. The average molecular weight is 301 g/mol. The van der Waals surface area contributed by atoms with Gasteiger partial charge in [0.25, 0.3) is 0 Å². The first kappa shape index (κ1) is 15.8. The second-order valence-corrected chi connectivity index (χ2v) is 5.68. The van der Waals surface area contributed by atoms with Crippen molar-refractivity contribution in [1.29, 1.82) is 0 Å². The van der Waals surface area contributed by atoms with Crippen LogP contribution in [0.5, 0.6) is 0 Å². The molecule has 6 heteroatoms. The normalized spacial score (nSPS) is 25.0. The predicted molar refractivity (Wildman–Crippen MR) is 71.7 cm³/mol. The molecule has 1 saturated heterocycles. The summed E-state index contributed by atoms with van der Waals surface area (Å²) in [7, 11) is 0. The van der Waals surface area contributed by atoms with Gasteiger partial charge in [-0.1, -0.05) is 19.1 Å². The summed E-state index contributed by atoms with van der Waals surface area (Å²) in [6.45, 7) is 4.62. The van der Waals surface area contributed by atoms with Crippen molar-refractivity contribution in [2.45, 2.75) is 26.1 Å². The molecule has 0 saturated carbocycles. The second-order valence-electron chi connectivity index (χ2n) is 5.68. The van der Waals surface area contributed by atoms with Crippen molar-refractivity contribution in [2.75, 3.05) is 13.1 Å². The fourth-order valence-electron chi connectivity index (χ4n) is 2.83. The summed E-state index contributed by atoms with van der Waals surface area (Å²) in [5.41, 5.74) is -0.114. The fraction of sp³-hybridized carbons (Fsp3) is 0.533. The van der Waals surface area contributed by atoms with Gasteiger partial charge in [-0.2, -0.15) is 13.2 Å². The SMILES string of the molecule is CC(c1cccc(C(F)(F)F)c1)N1C[C@@H](C)[C@H](C(=O)O)C1. The van der Waals surface area contributed by atoms with E-state index in [0.29, 0.717) is 18.7 Å². The maximum Gasteiger partial charge on any atom is 0.416 e. The Balaban J connectivity index is 2.18. The van der Waals surface area contributed by atoms with E-state index in [4.69, 9.17) is 5.11 Å². The van der Waals surface area contributed by atoms with Crippen LogP contribution in [0.2, 0.25) is 0 Å². The Morgan fingerprint density at radius 1 is 1.38 bits per heavy atom. The number of carbonyl (C=O) groups is 1. The minimum absolute atomic E-state index is 0.00394. The van der Waals surface area contributed by atoms with E-state index in [1.807, 2.05) is 18.7 Å². The highest BCUT2D eigenvalue weighted by Crippen LogP contribution is 2.34. The Bertz CT molecular complexity index is 530. The molecule has 1 N–H and O–H groups in total. The number of aliphatic carboxylic acids is 1. The van der Waals surface area contributed by atoms with Gasteiger partial charge in [0.15, 0.2) is 0 Å². The number of benzene rings is 1. The molecule has 1 aromatic carbocycles. The van der Waals surface area contributed by atoms with E-state index in [9.17, 15) is 18.0 Å². The highest BCUT2D eigenvalue weighted by atomic mass is 19.4. The number of hydrogen-bond acceptors (Lipinski definition) is 2. The minimum atomic E-state index is -4.36. The molecule has 1 aliphatic heterocycles. The first-order chi connectivity index (χ1) is 9.70. The highest BCUT2D eigenvalue weighted by Gasteiger charge is 2.37. The standard InChI is InChI=1S/C15H18F3NO2/c1-9-7-19(8-13(9)14(20)21)10(2)11-4-3-5-12(6-11)15(16,17)18/h3-6,9-10,13H,7-8H2,1-2H3,(H,20,21)/t9-,10?,13-/m1/s1. The Morgan fingerprint density at radius 3 is 2.57 bits per heavy atom. The maximum absolute atomic E-state index is 12.7. The van der Waals surface area contributed by atoms with E-state index in [0.717, 1.165) is 12.1 Å². The van der Waals surface area contributed by atoms with Crippen LogP contribution in [-0.2, 0) is 11.0 Å². The molecule has 1 aliphatic rings. The molecule has 0 aliphatic carbocycles. The Kier molecular flexibility index (Phi) is 4.27. The zero-order valence-corrected chi connectivity index (χ0v) is 11.9. The zero-order chi connectivity index (χ0) is 15.8. The summed E-state index contributed by atoms with van der Waals surface area (Å²) >= 11 is 0. The van der Waals surface area contributed by atoms with Crippen LogP contribution >= 0.6 is 0 Å². The smallest absolute Gasteiger partial charge is 0.416 e. The van der Waals surface area contributed by atoms with Crippen molar-refractivity contribution in [2.24, 2.45) is 11.8 Å². The van der Waals surface area contributed by atoms with Gasteiger partial charge in [0, 0.05) is 19.1 Å². The lowest BCUT2D eigenvalue weighted by atomic mass is 9.99. The van der Waals surface area contributed by atoms with Crippen LogP contribution in [0.25, 0.3) is 0 Å². The number of carboxylic acids is 1. The third-order valence-corrected chi connectivity index (χ3v) is 4.20. The Hall–Kier alpha value is -1.56. The third kappa shape index (κ3) is 3.37. The lowest BCUT2D eigenvalue weighted by Gasteiger charge is -2.25. The number of likely N-dealkylation sites (tertiary alicyclic amines) is 1. The predicted octanol–water partition coefficient (Wildman–Crippen LogP) is 3.42. The summed E-state index contributed by atoms with van der Waals surface area (Å²) in [5, 5.41) is 9.13. The monoisotopic (exact) mass is 301 g/mol. The van der Waals surface area contributed by atoms with Gasteiger partial charge in [-0.05, 0) is 30.5 Å². The highest BCUT2D eigenvalue weighted by molar-refractivity contribution is 5.71. The molecule has 0 bridgehead atoms. The van der Waals surface area contributed by atoms with E-state index in [-0.39, 0.29) is 12.0 Å². The van der Waals surface area contributed by atoms with E-state index >= 15 is 0 Å². The van der Waals surface area contributed by atoms with Crippen LogP contribution in [0.1, 0.15) is 31.0 Å².